The Hall–Kier alpha value is -1.24. The van der Waals surface area contributed by atoms with Crippen LogP contribution in [0.2, 0.25) is 0 Å². The highest BCUT2D eigenvalue weighted by Crippen LogP contribution is 2.22. The molecule has 86 valence electrons. The van der Waals surface area contributed by atoms with Crippen molar-refractivity contribution in [1.29, 1.82) is 0 Å². The van der Waals surface area contributed by atoms with Crippen molar-refractivity contribution in [1.82, 2.24) is 15.0 Å². The highest BCUT2D eigenvalue weighted by atomic mass is 32.1. The first-order valence-corrected chi connectivity index (χ1v) is 5.92. The number of rotatable bonds is 5. The van der Waals surface area contributed by atoms with E-state index in [0.717, 1.165) is 11.4 Å². The standard InChI is InChI=1S/C10H14N4OS/c1-14(5-4-11)7-9-12-10(15-13-9)8-3-2-6-16-8/h2-3,6H,4-5,7,11H2,1H3. The molecule has 2 aromatic rings. The lowest BCUT2D eigenvalue weighted by Crippen LogP contribution is -2.25. The minimum atomic E-state index is 0.589. The summed E-state index contributed by atoms with van der Waals surface area (Å²) in [5.74, 6) is 1.28. The minimum Gasteiger partial charge on any atom is -0.333 e. The molecule has 2 N–H and O–H groups in total. The van der Waals surface area contributed by atoms with Crippen molar-refractivity contribution >= 4 is 11.3 Å². The molecule has 5 nitrogen and oxygen atoms in total. The molecule has 6 heteroatoms. The third kappa shape index (κ3) is 2.66. The number of aromatic nitrogens is 2. The van der Waals surface area contributed by atoms with Gasteiger partial charge in [0.2, 0.25) is 0 Å². The Bertz CT molecular complexity index is 426. The highest BCUT2D eigenvalue weighted by molar-refractivity contribution is 7.13. The number of nitrogens with zero attached hydrogens (tertiary/aromatic N) is 3. The zero-order valence-electron chi connectivity index (χ0n) is 9.09. The molecule has 0 aliphatic rings. The van der Waals surface area contributed by atoms with Crippen LogP contribution in [0.4, 0.5) is 0 Å². The van der Waals surface area contributed by atoms with Crippen LogP contribution in [0.25, 0.3) is 10.8 Å². The van der Waals surface area contributed by atoms with E-state index in [0.29, 0.717) is 24.8 Å². The summed E-state index contributed by atoms with van der Waals surface area (Å²) in [5.41, 5.74) is 5.46. The van der Waals surface area contributed by atoms with Crippen molar-refractivity contribution in [2.24, 2.45) is 5.73 Å². The molecule has 2 heterocycles. The second kappa shape index (κ2) is 5.20. The molecule has 0 aliphatic carbocycles. The van der Waals surface area contributed by atoms with Crippen LogP contribution in [-0.4, -0.2) is 35.2 Å². The molecule has 0 aliphatic heterocycles. The van der Waals surface area contributed by atoms with Gasteiger partial charge in [-0.25, -0.2) is 0 Å². The fourth-order valence-corrected chi connectivity index (χ4v) is 2.00. The molecule has 0 amide bonds. The van der Waals surface area contributed by atoms with E-state index in [2.05, 4.69) is 15.0 Å². The summed E-state index contributed by atoms with van der Waals surface area (Å²) >= 11 is 1.59. The number of hydrogen-bond acceptors (Lipinski definition) is 6. The second-order valence-corrected chi connectivity index (χ2v) is 4.47. The average Bonchev–Trinajstić information content (AvgIpc) is 2.86. The van der Waals surface area contributed by atoms with Gasteiger partial charge in [0.15, 0.2) is 5.82 Å². The first-order chi connectivity index (χ1) is 7.79. The topological polar surface area (TPSA) is 68.2 Å². The zero-order valence-corrected chi connectivity index (χ0v) is 9.91. The highest BCUT2D eigenvalue weighted by Gasteiger charge is 2.10. The van der Waals surface area contributed by atoms with Crippen molar-refractivity contribution in [2.45, 2.75) is 6.54 Å². The maximum absolute atomic E-state index is 5.46. The van der Waals surface area contributed by atoms with Gasteiger partial charge in [-0.1, -0.05) is 11.2 Å². The van der Waals surface area contributed by atoms with Gasteiger partial charge in [0.05, 0.1) is 11.4 Å². The summed E-state index contributed by atoms with van der Waals surface area (Å²) in [7, 11) is 1.98. The van der Waals surface area contributed by atoms with Crippen molar-refractivity contribution in [3.8, 4) is 10.8 Å². The van der Waals surface area contributed by atoms with Gasteiger partial charge < -0.3 is 10.3 Å². The summed E-state index contributed by atoms with van der Waals surface area (Å²) in [4.78, 5) is 7.38. The summed E-state index contributed by atoms with van der Waals surface area (Å²) < 4.78 is 5.18. The molecule has 2 aromatic heterocycles. The quantitative estimate of drug-likeness (QED) is 0.847. The van der Waals surface area contributed by atoms with Crippen molar-refractivity contribution in [3.05, 3.63) is 23.3 Å². The van der Waals surface area contributed by atoms with Gasteiger partial charge >= 0.3 is 0 Å². The van der Waals surface area contributed by atoms with Gasteiger partial charge in [0.1, 0.15) is 0 Å². The molecule has 16 heavy (non-hydrogen) atoms. The summed E-state index contributed by atoms with van der Waals surface area (Å²) in [6, 6.07) is 3.93. The molecule has 0 atom stereocenters. The largest absolute Gasteiger partial charge is 0.333 e. The molecule has 0 unspecified atom stereocenters. The van der Waals surface area contributed by atoms with E-state index in [1.165, 1.54) is 0 Å². The third-order valence-electron chi connectivity index (χ3n) is 2.12. The van der Waals surface area contributed by atoms with E-state index in [9.17, 15) is 0 Å². The zero-order chi connectivity index (χ0) is 11.4. The second-order valence-electron chi connectivity index (χ2n) is 3.52. The number of thiophene rings is 1. The molecule has 0 aromatic carbocycles. The predicted octanol–water partition coefficient (Wildman–Crippen LogP) is 1.19. The molecule has 0 saturated heterocycles. The van der Waals surface area contributed by atoms with Crippen LogP contribution in [0.15, 0.2) is 22.0 Å². The lowest BCUT2D eigenvalue weighted by atomic mass is 10.4. The molecular formula is C10H14N4OS. The third-order valence-corrected chi connectivity index (χ3v) is 2.98. The van der Waals surface area contributed by atoms with E-state index in [-0.39, 0.29) is 0 Å². The smallest absolute Gasteiger partial charge is 0.268 e. The maximum Gasteiger partial charge on any atom is 0.268 e. The van der Waals surface area contributed by atoms with E-state index in [4.69, 9.17) is 10.3 Å². The molecule has 0 radical (unpaired) electrons. The number of nitrogens with two attached hydrogens (primary N) is 1. The number of likely N-dealkylation sites (N-methyl/N-ethyl adjacent to an activating group) is 1. The Kier molecular flexibility index (Phi) is 3.66. The van der Waals surface area contributed by atoms with Crippen LogP contribution in [0.3, 0.4) is 0 Å². The molecule has 0 bridgehead atoms. The van der Waals surface area contributed by atoms with Crippen molar-refractivity contribution in [2.75, 3.05) is 20.1 Å². The first kappa shape index (κ1) is 11.3. The van der Waals surface area contributed by atoms with Gasteiger partial charge in [-0.2, -0.15) is 4.98 Å². The average molecular weight is 238 g/mol. The van der Waals surface area contributed by atoms with Crippen LogP contribution in [0.1, 0.15) is 5.82 Å². The van der Waals surface area contributed by atoms with Crippen molar-refractivity contribution < 1.29 is 4.52 Å². The Labute approximate surface area is 97.9 Å². The van der Waals surface area contributed by atoms with Gasteiger partial charge in [-0.05, 0) is 18.5 Å². The summed E-state index contributed by atoms with van der Waals surface area (Å²) in [6.07, 6.45) is 0. The normalized spacial score (nSPS) is 11.2. The van der Waals surface area contributed by atoms with Crippen LogP contribution < -0.4 is 5.73 Å². The Balaban J connectivity index is 2.03. The molecule has 0 fully saturated rings. The molecule has 0 saturated carbocycles. The maximum atomic E-state index is 5.46. The number of hydrogen-bond donors (Lipinski definition) is 1. The molecular weight excluding hydrogens is 224 g/mol. The Morgan fingerprint density at radius 2 is 2.44 bits per heavy atom. The lowest BCUT2D eigenvalue weighted by Gasteiger charge is -2.11. The SMILES string of the molecule is CN(CCN)Cc1noc(-c2cccs2)n1. The van der Waals surface area contributed by atoms with Gasteiger partial charge in [-0.15, -0.1) is 11.3 Å². The van der Waals surface area contributed by atoms with Gasteiger partial charge in [0.25, 0.3) is 5.89 Å². The fourth-order valence-electron chi connectivity index (χ4n) is 1.36. The summed E-state index contributed by atoms with van der Waals surface area (Å²) in [5, 5.41) is 5.92. The lowest BCUT2D eigenvalue weighted by molar-refractivity contribution is 0.317. The van der Waals surface area contributed by atoms with Crippen LogP contribution in [0.5, 0.6) is 0 Å². The van der Waals surface area contributed by atoms with Crippen LogP contribution >= 0.6 is 11.3 Å². The van der Waals surface area contributed by atoms with E-state index in [1.54, 1.807) is 11.3 Å². The Morgan fingerprint density at radius 3 is 3.12 bits per heavy atom. The summed E-state index contributed by atoms with van der Waals surface area (Å²) in [6.45, 7) is 2.11. The first-order valence-electron chi connectivity index (χ1n) is 5.04. The minimum absolute atomic E-state index is 0.589. The molecule has 0 spiro atoms. The Morgan fingerprint density at radius 1 is 1.56 bits per heavy atom. The van der Waals surface area contributed by atoms with E-state index >= 15 is 0 Å². The van der Waals surface area contributed by atoms with E-state index in [1.807, 2.05) is 24.6 Å². The monoisotopic (exact) mass is 238 g/mol. The van der Waals surface area contributed by atoms with Crippen molar-refractivity contribution in [3.63, 3.8) is 0 Å². The molecule has 2 rings (SSSR count). The van der Waals surface area contributed by atoms with Gasteiger partial charge in [-0.3, -0.25) is 4.90 Å². The van der Waals surface area contributed by atoms with Gasteiger partial charge in [0, 0.05) is 13.1 Å². The van der Waals surface area contributed by atoms with E-state index < -0.39 is 0 Å². The fraction of sp³-hybridized carbons (Fsp3) is 0.400. The van der Waals surface area contributed by atoms with Crippen LogP contribution in [-0.2, 0) is 6.54 Å². The predicted molar refractivity (Wildman–Crippen MR) is 63.0 cm³/mol. The van der Waals surface area contributed by atoms with Crippen LogP contribution in [0, 0.1) is 0 Å².